The van der Waals surface area contributed by atoms with Crippen LogP contribution in [0.5, 0.6) is 0 Å². The van der Waals surface area contributed by atoms with Gasteiger partial charge in [-0.2, -0.15) is 0 Å². The first-order chi connectivity index (χ1) is 8.95. The van der Waals surface area contributed by atoms with Gasteiger partial charge in [0.05, 0.1) is 0 Å². The van der Waals surface area contributed by atoms with Gasteiger partial charge in [-0.15, -0.1) is 0 Å². The van der Waals surface area contributed by atoms with Crippen molar-refractivity contribution >= 4 is 11.9 Å². The van der Waals surface area contributed by atoms with Crippen LogP contribution in [-0.4, -0.2) is 28.2 Å². The number of amides is 1. The molecule has 0 saturated heterocycles. The Morgan fingerprint density at radius 2 is 2.21 bits per heavy atom. The number of nitrogens with zero attached hydrogens (tertiary/aromatic N) is 1. The molecule has 0 aromatic carbocycles. The van der Waals surface area contributed by atoms with Crippen LogP contribution in [0.15, 0.2) is 22.7 Å². The van der Waals surface area contributed by atoms with E-state index in [9.17, 15) is 9.59 Å². The van der Waals surface area contributed by atoms with Crippen molar-refractivity contribution in [1.29, 1.82) is 0 Å². The number of nitrogens with one attached hydrogen (secondary N) is 1. The van der Waals surface area contributed by atoms with Gasteiger partial charge in [0.2, 0.25) is 0 Å². The van der Waals surface area contributed by atoms with Crippen LogP contribution in [0.1, 0.15) is 49.4 Å². The van der Waals surface area contributed by atoms with Gasteiger partial charge in [-0.1, -0.05) is 31.2 Å². The standard InChI is InChI=1S/C13H18N2O4/c1-4-5-6-9(13(17)18)14-12(16)10-7-11(8(2)3)19-15-10/h4-5,7-9H,6H2,1-3H3,(H,14,16)(H,17,18)/b5-4+. The molecule has 0 aliphatic carbocycles. The van der Waals surface area contributed by atoms with Crippen molar-refractivity contribution in [2.45, 2.75) is 39.2 Å². The van der Waals surface area contributed by atoms with E-state index in [-0.39, 0.29) is 18.0 Å². The van der Waals surface area contributed by atoms with Crippen molar-refractivity contribution in [2.75, 3.05) is 0 Å². The lowest BCUT2D eigenvalue weighted by atomic mass is 10.1. The summed E-state index contributed by atoms with van der Waals surface area (Å²) >= 11 is 0. The van der Waals surface area contributed by atoms with Gasteiger partial charge in [-0.05, 0) is 13.3 Å². The molecule has 6 heteroatoms. The van der Waals surface area contributed by atoms with Gasteiger partial charge in [0, 0.05) is 12.0 Å². The normalized spacial score (nSPS) is 12.8. The van der Waals surface area contributed by atoms with Crippen LogP contribution in [-0.2, 0) is 4.79 Å². The summed E-state index contributed by atoms with van der Waals surface area (Å²) in [7, 11) is 0. The molecule has 1 heterocycles. The number of hydrogen-bond donors (Lipinski definition) is 2. The van der Waals surface area contributed by atoms with E-state index in [1.807, 2.05) is 13.8 Å². The fourth-order valence-corrected chi connectivity index (χ4v) is 1.39. The van der Waals surface area contributed by atoms with Crippen LogP contribution in [0.25, 0.3) is 0 Å². The molecule has 6 nitrogen and oxygen atoms in total. The molecule has 0 spiro atoms. The summed E-state index contributed by atoms with van der Waals surface area (Å²) in [6.07, 6.45) is 3.64. The van der Waals surface area contributed by atoms with Crippen LogP contribution < -0.4 is 5.32 Å². The number of aromatic nitrogens is 1. The van der Waals surface area contributed by atoms with Gasteiger partial charge in [0.15, 0.2) is 5.69 Å². The summed E-state index contributed by atoms with van der Waals surface area (Å²) in [5.74, 6) is -0.926. The number of allylic oxidation sites excluding steroid dienone is 1. The van der Waals surface area contributed by atoms with Crippen molar-refractivity contribution in [2.24, 2.45) is 0 Å². The van der Waals surface area contributed by atoms with Crippen LogP contribution in [0, 0.1) is 0 Å². The second kappa shape index (κ2) is 6.72. The van der Waals surface area contributed by atoms with Crippen molar-refractivity contribution in [1.82, 2.24) is 10.5 Å². The zero-order valence-electron chi connectivity index (χ0n) is 11.2. The molecule has 0 radical (unpaired) electrons. The van der Waals surface area contributed by atoms with Gasteiger partial charge in [0.25, 0.3) is 5.91 Å². The third kappa shape index (κ3) is 4.24. The number of carbonyl (C=O) groups excluding carboxylic acids is 1. The van der Waals surface area contributed by atoms with Crippen molar-refractivity contribution < 1.29 is 19.2 Å². The molecule has 104 valence electrons. The fraction of sp³-hybridized carbons (Fsp3) is 0.462. The highest BCUT2D eigenvalue weighted by atomic mass is 16.5. The molecular weight excluding hydrogens is 248 g/mol. The lowest BCUT2D eigenvalue weighted by Gasteiger charge is -2.10. The van der Waals surface area contributed by atoms with E-state index >= 15 is 0 Å². The summed E-state index contributed by atoms with van der Waals surface area (Å²) < 4.78 is 5.00. The van der Waals surface area contributed by atoms with E-state index in [4.69, 9.17) is 9.63 Å². The van der Waals surface area contributed by atoms with Crippen molar-refractivity contribution in [3.8, 4) is 0 Å². The average molecular weight is 266 g/mol. The minimum absolute atomic E-state index is 0.0930. The third-order valence-electron chi connectivity index (χ3n) is 2.54. The first kappa shape index (κ1) is 14.9. The number of carbonyl (C=O) groups is 2. The lowest BCUT2D eigenvalue weighted by Crippen LogP contribution is -2.40. The Kier molecular flexibility index (Phi) is 5.29. The molecular formula is C13H18N2O4. The summed E-state index contributed by atoms with van der Waals surface area (Å²) in [5, 5.41) is 15.0. The third-order valence-corrected chi connectivity index (χ3v) is 2.54. The number of aliphatic carboxylic acids is 1. The second-order valence-electron chi connectivity index (χ2n) is 4.44. The Bertz CT molecular complexity index is 477. The number of carboxylic acid groups (broad SMARTS) is 1. The SMILES string of the molecule is C/C=C/CC(NC(=O)c1cc(C(C)C)on1)C(=O)O. The molecule has 19 heavy (non-hydrogen) atoms. The Hall–Kier alpha value is -2.11. The number of hydrogen-bond acceptors (Lipinski definition) is 4. The molecule has 0 saturated carbocycles. The molecule has 1 atom stereocenters. The monoisotopic (exact) mass is 266 g/mol. The van der Waals surface area contributed by atoms with E-state index in [0.717, 1.165) is 0 Å². The largest absolute Gasteiger partial charge is 0.480 e. The van der Waals surface area contributed by atoms with Gasteiger partial charge in [-0.25, -0.2) is 4.79 Å². The molecule has 0 fully saturated rings. The summed E-state index contributed by atoms with van der Waals surface area (Å²) in [5.41, 5.74) is 0.0930. The molecule has 0 bridgehead atoms. The van der Waals surface area contributed by atoms with E-state index < -0.39 is 17.9 Å². The average Bonchev–Trinajstić information content (AvgIpc) is 2.83. The predicted octanol–water partition coefficient (Wildman–Crippen LogP) is 1.95. The van der Waals surface area contributed by atoms with Crippen LogP contribution in [0.3, 0.4) is 0 Å². The minimum atomic E-state index is -1.08. The molecule has 2 N–H and O–H groups in total. The maximum atomic E-state index is 11.8. The lowest BCUT2D eigenvalue weighted by molar-refractivity contribution is -0.139. The minimum Gasteiger partial charge on any atom is -0.480 e. The maximum Gasteiger partial charge on any atom is 0.326 e. The zero-order chi connectivity index (χ0) is 14.4. The number of carboxylic acids is 1. The van der Waals surface area contributed by atoms with E-state index in [2.05, 4.69) is 10.5 Å². The highest BCUT2D eigenvalue weighted by Crippen LogP contribution is 2.15. The van der Waals surface area contributed by atoms with Crippen LogP contribution in [0.4, 0.5) is 0 Å². The topological polar surface area (TPSA) is 92.4 Å². The highest BCUT2D eigenvalue weighted by molar-refractivity contribution is 5.94. The van der Waals surface area contributed by atoms with Crippen molar-refractivity contribution in [3.05, 3.63) is 29.7 Å². The fourth-order valence-electron chi connectivity index (χ4n) is 1.39. The molecule has 1 aromatic heterocycles. The van der Waals surface area contributed by atoms with E-state index in [1.54, 1.807) is 19.1 Å². The van der Waals surface area contributed by atoms with Crippen LogP contribution in [0.2, 0.25) is 0 Å². The Morgan fingerprint density at radius 1 is 1.53 bits per heavy atom. The predicted molar refractivity (Wildman–Crippen MR) is 68.9 cm³/mol. The Labute approximate surface area is 111 Å². The highest BCUT2D eigenvalue weighted by Gasteiger charge is 2.21. The molecule has 1 unspecified atom stereocenters. The zero-order valence-corrected chi connectivity index (χ0v) is 11.2. The van der Waals surface area contributed by atoms with Crippen LogP contribution >= 0.6 is 0 Å². The van der Waals surface area contributed by atoms with Gasteiger partial charge in [0.1, 0.15) is 11.8 Å². The summed E-state index contributed by atoms with van der Waals surface area (Å²) in [6, 6.07) is 0.553. The van der Waals surface area contributed by atoms with E-state index in [0.29, 0.717) is 5.76 Å². The molecule has 0 aliphatic rings. The number of rotatable bonds is 6. The van der Waals surface area contributed by atoms with E-state index in [1.165, 1.54) is 6.07 Å². The van der Waals surface area contributed by atoms with Crippen molar-refractivity contribution in [3.63, 3.8) is 0 Å². The summed E-state index contributed by atoms with van der Waals surface area (Å²) in [6.45, 7) is 5.61. The first-order valence-electron chi connectivity index (χ1n) is 6.07. The smallest absolute Gasteiger partial charge is 0.326 e. The molecule has 1 rings (SSSR count). The van der Waals surface area contributed by atoms with Gasteiger partial charge >= 0.3 is 5.97 Å². The summed E-state index contributed by atoms with van der Waals surface area (Å²) in [4.78, 5) is 22.8. The second-order valence-corrected chi connectivity index (χ2v) is 4.44. The quantitative estimate of drug-likeness (QED) is 0.768. The van der Waals surface area contributed by atoms with Gasteiger partial charge in [-0.3, -0.25) is 4.79 Å². The molecule has 0 aliphatic heterocycles. The van der Waals surface area contributed by atoms with Gasteiger partial charge < -0.3 is 14.9 Å². The maximum absolute atomic E-state index is 11.8. The Morgan fingerprint density at radius 3 is 2.68 bits per heavy atom. The first-order valence-corrected chi connectivity index (χ1v) is 6.07. The molecule has 1 aromatic rings. The Balaban J connectivity index is 2.72. The molecule has 1 amide bonds.